The summed E-state index contributed by atoms with van der Waals surface area (Å²) < 4.78 is 17.2. The van der Waals surface area contributed by atoms with E-state index >= 15 is 0 Å². The Morgan fingerprint density at radius 2 is 2.02 bits per heavy atom. The summed E-state index contributed by atoms with van der Waals surface area (Å²) in [6.45, 7) is 5.90. The zero-order chi connectivity index (χ0) is 28.4. The maximum absolute atomic E-state index is 13.2. The highest BCUT2D eigenvalue weighted by Gasteiger charge is 2.34. The van der Waals surface area contributed by atoms with Crippen molar-refractivity contribution < 1.29 is 23.8 Å². The van der Waals surface area contributed by atoms with Crippen LogP contribution in [-0.4, -0.2) is 59.3 Å². The molecule has 0 unspecified atom stereocenters. The van der Waals surface area contributed by atoms with E-state index in [1.165, 1.54) is 12.8 Å². The monoisotopic (exact) mass is 559 g/mol. The van der Waals surface area contributed by atoms with Crippen LogP contribution in [0.2, 0.25) is 0 Å². The number of amides is 1. The first-order valence-corrected chi connectivity index (χ1v) is 14.9. The number of hydrogen-bond acceptors (Lipinski definition) is 6. The number of benzene rings is 2. The molecule has 0 radical (unpaired) electrons. The average Bonchev–Trinajstić information content (AvgIpc) is 3.61. The van der Waals surface area contributed by atoms with Gasteiger partial charge in [0.05, 0.1) is 19.0 Å². The van der Waals surface area contributed by atoms with Crippen LogP contribution in [0.15, 0.2) is 53.1 Å². The molecule has 0 bridgehead atoms. The minimum absolute atomic E-state index is 0.0629. The molecule has 1 aliphatic carbocycles. The Bertz CT molecular complexity index is 1500. The number of aromatic nitrogens is 1. The SMILES string of the molecule is COc1ccc2c(COc3cccc4[nH]c(C(=O)NC5CCC(O)(CCN6CCC[C@@H](C)C6)CC5)cc34)coc2c1. The molecule has 2 aromatic heterocycles. The van der Waals surface area contributed by atoms with E-state index < -0.39 is 5.60 Å². The summed E-state index contributed by atoms with van der Waals surface area (Å²) >= 11 is 0. The lowest BCUT2D eigenvalue weighted by atomic mass is 9.80. The molecule has 218 valence electrons. The molecule has 41 heavy (non-hydrogen) atoms. The van der Waals surface area contributed by atoms with Crippen molar-refractivity contribution in [2.45, 2.75) is 70.1 Å². The second-order valence-electron chi connectivity index (χ2n) is 12.1. The Hall–Kier alpha value is -3.49. The first kappa shape index (κ1) is 27.7. The Morgan fingerprint density at radius 3 is 2.83 bits per heavy atom. The van der Waals surface area contributed by atoms with Crippen LogP contribution in [0, 0.1) is 5.92 Å². The minimum Gasteiger partial charge on any atom is -0.497 e. The van der Waals surface area contributed by atoms with E-state index in [1.54, 1.807) is 13.4 Å². The van der Waals surface area contributed by atoms with Crippen molar-refractivity contribution in [3.05, 3.63) is 60.0 Å². The summed E-state index contributed by atoms with van der Waals surface area (Å²) in [6.07, 6.45) is 8.12. The van der Waals surface area contributed by atoms with Gasteiger partial charge in [-0.25, -0.2) is 0 Å². The molecule has 2 aliphatic rings. The maximum atomic E-state index is 13.2. The molecule has 8 nitrogen and oxygen atoms in total. The molecule has 2 aromatic carbocycles. The summed E-state index contributed by atoms with van der Waals surface area (Å²) in [4.78, 5) is 18.9. The van der Waals surface area contributed by atoms with Crippen LogP contribution in [0.25, 0.3) is 21.9 Å². The third-order valence-corrected chi connectivity index (χ3v) is 9.00. The molecule has 1 aliphatic heterocycles. The quantitative estimate of drug-likeness (QED) is 0.232. The number of carbonyl (C=O) groups is 1. The summed E-state index contributed by atoms with van der Waals surface area (Å²) in [7, 11) is 1.63. The highest BCUT2D eigenvalue weighted by molar-refractivity contribution is 5.99. The number of nitrogens with zero attached hydrogens (tertiary/aromatic N) is 1. The molecule has 0 spiro atoms. The molecule has 6 rings (SSSR count). The lowest BCUT2D eigenvalue weighted by Gasteiger charge is -2.39. The fraction of sp³-hybridized carbons (Fsp3) is 0.485. The number of fused-ring (bicyclic) bond motifs is 2. The molecule has 3 heterocycles. The number of ether oxygens (including phenoxy) is 2. The summed E-state index contributed by atoms with van der Waals surface area (Å²) in [5, 5.41) is 16.2. The second-order valence-corrected chi connectivity index (χ2v) is 12.1. The predicted octanol–water partition coefficient (Wildman–Crippen LogP) is 6.03. The highest BCUT2D eigenvalue weighted by atomic mass is 16.5. The van der Waals surface area contributed by atoms with Gasteiger partial charge in [-0.1, -0.05) is 13.0 Å². The van der Waals surface area contributed by atoms with Gasteiger partial charge < -0.3 is 34.2 Å². The van der Waals surface area contributed by atoms with Gasteiger partial charge in [0.2, 0.25) is 0 Å². The topological polar surface area (TPSA) is 100.0 Å². The van der Waals surface area contributed by atoms with Gasteiger partial charge in [0.25, 0.3) is 5.91 Å². The number of carbonyl (C=O) groups excluding carboxylic acids is 1. The average molecular weight is 560 g/mol. The van der Waals surface area contributed by atoms with Crippen molar-refractivity contribution in [1.29, 1.82) is 0 Å². The Morgan fingerprint density at radius 1 is 1.17 bits per heavy atom. The number of H-pyrrole nitrogens is 1. The van der Waals surface area contributed by atoms with E-state index in [9.17, 15) is 9.90 Å². The van der Waals surface area contributed by atoms with E-state index in [-0.39, 0.29) is 11.9 Å². The number of hydrogen-bond donors (Lipinski definition) is 3. The van der Waals surface area contributed by atoms with Gasteiger partial charge in [-0.15, -0.1) is 0 Å². The van der Waals surface area contributed by atoms with E-state index in [2.05, 4.69) is 22.1 Å². The number of rotatable bonds is 9. The van der Waals surface area contributed by atoms with Crippen LogP contribution >= 0.6 is 0 Å². The molecular weight excluding hydrogens is 518 g/mol. The minimum atomic E-state index is -0.623. The van der Waals surface area contributed by atoms with Crippen molar-refractivity contribution in [1.82, 2.24) is 15.2 Å². The molecule has 1 amide bonds. The predicted molar refractivity (Wildman–Crippen MR) is 160 cm³/mol. The number of nitrogens with one attached hydrogen (secondary N) is 2. The third-order valence-electron chi connectivity index (χ3n) is 9.00. The molecule has 8 heteroatoms. The van der Waals surface area contributed by atoms with Gasteiger partial charge >= 0.3 is 0 Å². The standard InChI is InChI=1S/C33H41N3O5/c1-22-5-4-15-36(19-22)16-14-33(38)12-10-24(11-13-33)34-32(37)29-18-27-28(35-29)6-3-7-30(27)40-20-23-21-41-31-17-25(39-2)8-9-26(23)31/h3,6-9,17-18,21-22,24,35,38H,4-5,10-16,19-20H2,1-2H3,(H,34,37)/t22-,24?,33?/m1/s1. The van der Waals surface area contributed by atoms with E-state index in [1.807, 2.05) is 42.5 Å². The highest BCUT2D eigenvalue weighted by Crippen LogP contribution is 2.33. The number of aliphatic hydroxyl groups is 1. The summed E-state index contributed by atoms with van der Waals surface area (Å²) in [5.41, 5.74) is 2.42. The van der Waals surface area contributed by atoms with Gasteiger partial charge in [-0.2, -0.15) is 0 Å². The van der Waals surface area contributed by atoms with Crippen LogP contribution < -0.4 is 14.8 Å². The molecule has 1 saturated heterocycles. The second kappa shape index (κ2) is 11.8. The fourth-order valence-corrected chi connectivity index (χ4v) is 6.50. The molecular formula is C33H41N3O5. The van der Waals surface area contributed by atoms with Gasteiger partial charge in [0, 0.05) is 47.1 Å². The third kappa shape index (κ3) is 6.23. The van der Waals surface area contributed by atoms with E-state index in [0.717, 1.165) is 90.8 Å². The number of furan rings is 1. The number of piperidine rings is 1. The van der Waals surface area contributed by atoms with Crippen LogP contribution in [0.5, 0.6) is 11.5 Å². The van der Waals surface area contributed by atoms with Gasteiger partial charge in [0.1, 0.15) is 29.4 Å². The number of likely N-dealkylation sites (tertiary alicyclic amines) is 1. The molecule has 1 saturated carbocycles. The zero-order valence-electron chi connectivity index (χ0n) is 24.1. The largest absolute Gasteiger partial charge is 0.497 e. The Kier molecular flexibility index (Phi) is 7.95. The van der Waals surface area contributed by atoms with Crippen LogP contribution in [-0.2, 0) is 6.61 Å². The van der Waals surface area contributed by atoms with Gasteiger partial charge in [-0.3, -0.25) is 4.79 Å². The number of methoxy groups -OCH3 is 1. The van der Waals surface area contributed by atoms with Crippen molar-refractivity contribution in [2.75, 3.05) is 26.7 Å². The van der Waals surface area contributed by atoms with Crippen molar-refractivity contribution in [2.24, 2.45) is 5.92 Å². The first-order valence-electron chi connectivity index (χ1n) is 14.9. The zero-order valence-corrected chi connectivity index (χ0v) is 24.1. The Labute approximate surface area is 241 Å². The van der Waals surface area contributed by atoms with Crippen LogP contribution in [0.4, 0.5) is 0 Å². The number of aromatic amines is 1. The molecule has 2 fully saturated rings. The van der Waals surface area contributed by atoms with E-state index in [4.69, 9.17) is 13.9 Å². The summed E-state index contributed by atoms with van der Waals surface area (Å²) in [5.74, 6) is 2.07. The smallest absolute Gasteiger partial charge is 0.267 e. The lowest BCUT2D eigenvalue weighted by molar-refractivity contribution is -0.0201. The van der Waals surface area contributed by atoms with E-state index in [0.29, 0.717) is 18.1 Å². The fourth-order valence-electron chi connectivity index (χ4n) is 6.50. The van der Waals surface area contributed by atoms with Crippen molar-refractivity contribution in [3.63, 3.8) is 0 Å². The van der Waals surface area contributed by atoms with Crippen LogP contribution in [0.3, 0.4) is 0 Å². The van der Waals surface area contributed by atoms with Gasteiger partial charge in [-0.05, 0) is 87.7 Å². The summed E-state index contributed by atoms with van der Waals surface area (Å²) in [6, 6.07) is 13.4. The van der Waals surface area contributed by atoms with Gasteiger partial charge in [0.15, 0.2) is 0 Å². The normalized spacial score (nSPS) is 23.6. The maximum Gasteiger partial charge on any atom is 0.267 e. The van der Waals surface area contributed by atoms with Crippen molar-refractivity contribution >= 4 is 27.8 Å². The lowest BCUT2D eigenvalue weighted by Crippen LogP contribution is -2.45. The van der Waals surface area contributed by atoms with Crippen molar-refractivity contribution in [3.8, 4) is 11.5 Å². The molecule has 4 aromatic rings. The van der Waals surface area contributed by atoms with Crippen LogP contribution in [0.1, 0.15) is 67.9 Å². The molecule has 3 N–H and O–H groups in total. The first-order chi connectivity index (χ1) is 19.9. The Balaban J connectivity index is 1.04. The molecule has 1 atom stereocenters.